The molecule has 0 bridgehead atoms. The van der Waals surface area contributed by atoms with Crippen LogP contribution in [0.3, 0.4) is 0 Å². The molecule has 0 spiro atoms. The molecule has 1 N–H and O–H groups in total. The molecule has 4 rings (SSSR count). The second kappa shape index (κ2) is 9.75. The van der Waals surface area contributed by atoms with Gasteiger partial charge in [-0.2, -0.15) is 0 Å². The van der Waals surface area contributed by atoms with Crippen LogP contribution in [-0.2, 0) is 28.9 Å². The van der Waals surface area contributed by atoms with E-state index in [1.165, 1.54) is 0 Å². The van der Waals surface area contributed by atoms with E-state index in [2.05, 4.69) is 5.32 Å². The summed E-state index contributed by atoms with van der Waals surface area (Å²) in [6.45, 7) is 10.7. The predicted molar refractivity (Wildman–Crippen MR) is 142 cm³/mol. The van der Waals surface area contributed by atoms with Gasteiger partial charge in [0.25, 0.3) is 0 Å². The molecule has 0 saturated heterocycles. The van der Waals surface area contributed by atoms with Crippen LogP contribution in [0.25, 0.3) is 10.9 Å². The van der Waals surface area contributed by atoms with Crippen molar-refractivity contribution in [3.63, 3.8) is 0 Å². The quantitative estimate of drug-likeness (QED) is 0.430. The van der Waals surface area contributed by atoms with E-state index in [0.29, 0.717) is 36.0 Å². The molecule has 0 fully saturated rings. The lowest BCUT2D eigenvalue weighted by Crippen LogP contribution is -2.38. The molecule has 0 unspecified atom stereocenters. The summed E-state index contributed by atoms with van der Waals surface area (Å²) in [6, 6.07) is 9.55. The minimum atomic E-state index is -0.561. The van der Waals surface area contributed by atoms with Gasteiger partial charge in [-0.15, -0.1) is 0 Å². The summed E-state index contributed by atoms with van der Waals surface area (Å²) in [4.78, 5) is 27.6. The third-order valence-corrected chi connectivity index (χ3v) is 7.13. The number of halogens is 2. The van der Waals surface area contributed by atoms with Crippen molar-refractivity contribution >= 4 is 51.8 Å². The van der Waals surface area contributed by atoms with Gasteiger partial charge in [-0.1, -0.05) is 35.3 Å². The van der Waals surface area contributed by atoms with Crippen molar-refractivity contribution in [3.05, 3.63) is 62.8 Å². The number of nitrogens with one attached hydrogen (secondary N) is 1. The van der Waals surface area contributed by atoms with Crippen LogP contribution in [0, 0.1) is 13.8 Å². The predicted octanol–water partition coefficient (Wildman–Crippen LogP) is 6.54. The normalized spacial score (nSPS) is 14.0. The fraction of sp³-hybridized carbons (Fsp3) is 0.407. The number of aryl methyl sites for hydroxylation is 1. The summed E-state index contributed by atoms with van der Waals surface area (Å²) < 4.78 is 7.60. The third-order valence-electron chi connectivity index (χ3n) is 6.41. The fourth-order valence-electron chi connectivity index (χ4n) is 4.54. The molecule has 0 atom stereocenters. The van der Waals surface area contributed by atoms with E-state index in [1.807, 2.05) is 69.5 Å². The highest BCUT2D eigenvalue weighted by Crippen LogP contribution is 2.35. The van der Waals surface area contributed by atoms with Gasteiger partial charge in [-0.3, -0.25) is 4.79 Å². The minimum absolute atomic E-state index is 0.127. The zero-order valence-electron chi connectivity index (χ0n) is 20.8. The minimum Gasteiger partial charge on any atom is -0.444 e. The average Bonchev–Trinajstić information content (AvgIpc) is 2.90. The molecule has 0 radical (unpaired) electrons. The molecule has 0 saturated carbocycles. The number of benzene rings is 2. The van der Waals surface area contributed by atoms with Gasteiger partial charge in [0.2, 0.25) is 5.91 Å². The van der Waals surface area contributed by atoms with Gasteiger partial charge in [0.1, 0.15) is 12.1 Å². The number of anilines is 1. The van der Waals surface area contributed by atoms with Crippen molar-refractivity contribution in [2.24, 2.45) is 0 Å². The van der Waals surface area contributed by atoms with Gasteiger partial charge < -0.3 is 19.5 Å². The monoisotopic (exact) mass is 515 g/mol. The Morgan fingerprint density at radius 2 is 1.74 bits per heavy atom. The van der Waals surface area contributed by atoms with E-state index < -0.39 is 5.60 Å². The van der Waals surface area contributed by atoms with Crippen molar-refractivity contribution in [1.82, 2.24) is 9.47 Å². The molecular formula is C27H31Cl2N3O3. The van der Waals surface area contributed by atoms with Crippen LogP contribution >= 0.6 is 23.2 Å². The lowest BCUT2D eigenvalue weighted by molar-refractivity contribution is -0.116. The van der Waals surface area contributed by atoms with E-state index in [-0.39, 0.29) is 18.5 Å². The Morgan fingerprint density at radius 1 is 1.06 bits per heavy atom. The first kappa shape index (κ1) is 25.4. The number of amides is 2. The molecule has 2 amide bonds. The van der Waals surface area contributed by atoms with Crippen molar-refractivity contribution < 1.29 is 14.3 Å². The molecule has 35 heavy (non-hydrogen) atoms. The molecule has 3 aromatic rings. The van der Waals surface area contributed by atoms with Crippen LogP contribution in [0.1, 0.15) is 43.2 Å². The van der Waals surface area contributed by atoms with Crippen LogP contribution in [0.5, 0.6) is 0 Å². The number of hydrogen-bond donors (Lipinski definition) is 1. The van der Waals surface area contributed by atoms with Crippen LogP contribution in [0.4, 0.5) is 10.5 Å². The lowest BCUT2D eigenvalue weighted by Gasteiger charge is -2.26. The van der Waals surface area contributed by atoms with Crippen LogP contribution < -0.4 is 5.32 Å². The number of nitrogens with zero attached hydrogens (tertiary/aromatic N) is 2. The smallest absolute Gasteiger partial charge is 0.410 e. The largest absolute Gasteiger partial charge is 0.444 e. The molecule has 0 aliphatic carbocycles. The SMILES string of the molecule is Cc1cccc(NC(=O)Cn2c3c(c4cc(Cl)c(Cl)cc42)CCN(C(=O)OC(C)(C)C)CC3)c1C. The Morgan fingerprint density at radius 3 is 2.46 bits per heavy atom. The van der Waals surface area contributed by atoms with Gasteiger partial charge in [-0.05, 0) is 75.9 Å². The summed E-state index contributed by atoms with van der Waals surface area (Å²) in [5.41, 5.74) is 5.37. The van der Waals surface area contributed by atoms with E-state index in [9.17, 15) is 9.59 Å². The molecule has 1 aromatic heterocycles. The number of aromatic nitrogens is 1. The lowest BCUT2D eigenvalue weighted by atomic mass is 10.1. The van der Waals surface area contributed by atoms with Crippen LogP contribution in [0.2, 0.25) is 10.0 Å². The summed E-state index contributed by atoms with van der Waals surface area (Å²) in [7, 11) is 0. The van der Waals surface area contributed by atoms with Crippen LogP contribution in [0.15, 0.2) is 30.3 Å². The van der Waals surface area contributed by atoms with Gasteiger partial charge in [0.05, 0.1) is 15.6 Å². The molecule has 6 nitrogen and oxygen atoms in total. The van der Waals surface area contributed by atoms with Crippen molar-refractivity contribution in [2.75, 3.05) is 18.4 Å². The number of rotatable bonds is 3. The first-order chi connectivity index (χ1) is 16.4. The van der Waals surface area contributed by atoms with Crippen LogP contribution in [-0.4, -0.2) is 40.2 Å². The first-order valence-electron chi connectivity index (χ1n) is 11.8. The zero-order valence-corrected chi connectivity index (χ0v) is 22.3. The third kappa shape index (κ3) is 5.44. The highest BCUT2D eigenvalue weighted by Gasteiger charge is 2.28. The number of hydrogen-bond acceptors (Lipinski definition) is 3. The Kier molecular flexibility index (Phi) is 7.07. The molecule has 1 aliphatic rings. The van der Waals surface area contributed by atoms with Crippen molar-refractivity contribution in [2.45, 2.75) is 59.6 Å². The maximum Gasteiger partial charge on any atom is 0.410 e. The summed E-state index contributed by atoms with van der Waals surface area (Å²) in [5.74, 6) is -0.127. The maximum absolute atomic E-state index is 13.2. The van der Waals surface area contributed by atoms with Gasteiger partial charge >= 0.3 is 6.09 Å². The molecule has 8 heteroatoms. The van der Waals surface area contributed by atoms with E-state index in [4.69, 9.17) is 27.9 Å². The second-order valence-corrected chi connectivity index (χ2v) is 10.9. The average molecular weight is 516 g/mol. The topological polar surface area (TPSA) is 63.6 Å². The zero-order chi connectivity index (χ0) is 25.5. The van der Waals surface area contributed by atoms with E-state index in [1.54, 1.807) is 4.90 Å². The number of carbonyl (C=O) groups excluding carboxylic acids is 2. The maximum atomic E-state index is 13.2. The van der Waals surface area contributed by atoms with Gasteiger partial charge in [0, 0.05) is 36.3 Å². The Labute approximate surface area is 216 Å². The van der Waals surface area contributed by atoms with Crippen molar-refractivity contribution in [3.8, 4) is 0 Å². The Hall–Kier alpha value is -2.70. The second-order valence-electron chi connectivity index (χ2n) is 10.1. The summed E-state index contributed by atoms with van der Waals surface area (Å²) >= 11 is 12.7. The standard InChI is InChI=1S/C27H31Cl2N3O3/c1-16-7-6-8-22(17(16)2)30-25(33)15-32-23-10-12-31(26(34)35-27(3,4)5)11-9-18(23)19-13-20(28)21(29)14-24(19)32/h6-8,13-14H,9-12,15H2,1-5H3,(H,30,33). The summed E-state index contributed by atoms with van der Waals surface area (Å²) in [5, 5.41) is 4.92. The molecule has 2 aromatic carbocycles. The summed E-state index contributed by atoms with van der Waals surface area (Å²) in [6.07, 6.45) is 0.899. The van der Waals surface area contributed by atoms with Gasteiger partial charge in [0.15, 0.2) is 0 Å². The van der Waals surface area contributed by atoms with E-state index >= 15 is 0 Å². The number of carbonyl (C=O) groups is 2. The Bertz CT molecular complexity index is 1310. The van der Waals surface area contributed by atoms with Crippen molar-refractivity contribution in [1.29, 1.82) is 0 Å². The molecule has 2 heterocycles. The highest BCUT2D eigenvalue weighted by atomic mass is 35.5. The molecule has 1 aliphatic heterocycles. The number of ether oxygens (including phenoxy) is 1. The molecule has 186 valence electrons. The molecular weight excluding hydrogens is 485 g/mol. The van der Waals surface area contributed by atoms with Gasteiger partial charge in [-0.25, -0.2) is 4.79 Å². The van der Waals surface area contributed by atoms with E-state index in [0.717, 1.165) is 39.0 Å². The Balaban J connectivity index is 1.67. The highest BCUT2D eigenvalue weighted by molar-refractivity contribution is 6.42. The first-order valence-corrected chi connectivity index (χ1v) is 12.5. The number of fused-ring (bicyclic) bond motifs is 3. The fourth-order valence-corrected chi connectivity index (χ4v) is 4.86.